The molecule has 1 saturated carbocycles. The Morgan fingerprint density at radius 2 is 1.79 bits per heavy atom. The first-order valence-corrected chi connectivity index (χ1v) is 23.3. The molecule has 2 aromatic rings. The molecule has 306 valence electrons. The van der Waals surface area contributed by atoms with Crippen LogP contribution in [0.3, 0.4) is 0 Å². The molecule has 4 aliphatic rings. The summed E-state index contributed by atoms with van der Waals surface area (Å²) in [4.78, 5) is 38.6. The maximum absolute atomic E-state index is 16.7. The van der Waals surface area contributed by atoms with Crippen molar-refractivity contribution in [3.63, 3.8) is 0 Å². The number of aromatic nitrogens is 1. The van der Waals surface area contributed by atoms with Gasteiger partial charge < -0.3 is 28.4 Å². The Hall–Kier alpha value is -3.43. The van der Waals surface area contributed by atoms with E-state index in [2.05, 4.69) is 72.6 Å². The maximum atomic E-state index is 16.7. The molecule has 56 heavy (non-hydrogen) atoms. The van der Waals surface area contributed by atoms with E-state index in [1.807, 2.05) is 27.8 Å². The summed E-state index contributed by atoms with van der Waals surface area (Å²) in [5.74, 6) is 5.84. The zero-order valence-electron chi connectivity index (χ0n) is 35.2. The van der Waals surface area contributed by atoms with Crippen LogP contribution < -0.4 is 9.64 Å². The molecule has 2 amide bonds. The number of nitriles is 1. The monoisotopic (exact) mass is 855 g/mol. The number of benzene rings is 1. The number of likely N-dealkylation sites (N-methyl/N-ethyl adjacent to an activating group) is 1. The van der Waals surface area contributed by atoms with Gasteiger partial charge in [-0.2, -0.15) is 5.26 Å². The summed E-state index contributed by atoms with van der Waals surface area (Å²) in [7, 11) is -0.138. The average Bonchev–Trinajstić information content (AvgIpc) is 3.79. The standard InChI is InChI=1S/C42H59BrFN5O6Si/c1-40(2,3)54-38(50)48-24-27-23-31(48)35(27)49(39(51)55-41(4,5)6)36-29(18-15-21-53-56(11,12)42(7,8)9)37(52-25-28-17-14-20-47(28)10)46-34-30(36)22-26(16-13-19-45)32(43)33(34)44/h22,27-28,31,35H,13-14,16-17,20-21,23-25H2,1-12H3/t27?,28-,31?,35?/m0/s1. The first-order chi connectivity index (χ1) is 25.9. The Bertz CT molecular complexity index is 1940. The summed E-state index contributed by atoms with van der Waals surface area (Å²) in [5.41, 5.74) is -0.509. The predicted octanol–water partition coefficient (Wildman–Crippen LogP) is 9.19. The number of rotatable bonds is 9. The number of ether oxygens (including phenoxy) is 3. The van der Waals surface area contributed by atoms with Gasteiger partial charge in [0.05, 0.1) is 34.9 Å². The van der Waals surface area contributed by atoms with Crippen LogP contribution in [0.15, 0.2) is 10.5 Å². The van der Waals surface area contributed by atoms with Gasteiger partial charge in [0.2, 0.25) is 5.88 Å². The van der Waals surface area contributed by atoms with Crippen LogP contribution in [-0.4, -0.2) is 98.0 Å². The van der Waals surface area contributed by atoms with Gasteiger partial charge in [0, 0.05) is 30.3 Å². The molecule has 3 unspecified atom stereocenters. The van der Waals surface area contributed by atoms with Crippen molar-refractivity contribution >= 4 is 53.0 Å². The number of nitrogens with zero attached hydrogens (tertiary/aromatic N) is 5. The number of amides is 2. The number of likely N-dealkylation sites (tertiary alicyclic amines) is 1. The summed E-state index contributed by atoms with van der Waals surface area (Å²) in [6, 6.07) is 3.09. The van der Waals surface area contributed by atoms with Crippen LogP contribution >= 0.6 is 15.9 Å². The molecule has 4 fully saturated rings. The highest BCUT2D eigenvalue weighted by Gasteiger charge is 2.59. The van der Waals surface area contributed by atoms with E-state index in [0.29, 0.717) is 29.5 Å². The van der Waals surface area contributed by atoms with Gasteiger partial charge in [-0.1, -0.05) is 32.6 Å². The van der Waals surface area contributed by atoms with Gasteiger partial charge in [-0.25, -0.2) is 19.0 Å². The Kier molecular flexibility index (Phi) is 12.8. The first kappa shape index (κ1) is 43.7. The number of anilines is 1. The fourth-order valence-electron chi connectivity index (χ4n) is 7.29. The highest BCUT2D eigenvalue weighted by atomic mass is 79.9. The number of hydrogen-bond donors (Lipinski definition) is 0. The van der Waals surface area contributed by atoms with Gasteiger partial charge in [-0.3, -0.25) is 4.90 Å². The smallest absolute Gasteiger partial charge is 0.415 e. The van der Waals surface area contributed by atoms with Crippen LogP contribution in [0.5, 0.6) is 5.88 Å². The Morgan fingerprint density at radius 3 is 2.38 bits per heavy atom. The molecule has 6 rings (SSSR count). The van der Waals surface area contributed by atoms with Crippen LogP contribution in [0.2, 0.25) is 18.1 Å². The fourth-order valence-corrected chi connectivity index (χ4v) is 8.66. The Morgan fingerprint density at radius 1 is 1.11 bits per heavy atom. The second kappa shape index (κ2) is 16.4. The molecular weight excluding hydrogens is 797 g/mol. The van der Waals surface area contributed by atoms with E-state index in [1.54, 1.807) is 36.6 Å². The molecule has 1 aromatic carbocycles. The summed E-state index contributed by atoms with van der Waals surface area (Å²) < 4.78 is 41.9. The molecular formula is C42H59BrFN5O6Si. The van der Waals surface area contributed by atoms with Crippen LogP contribution in [0.1, 0.15) is 99.1 Å². The highest BCUT2D eigenvalue weighted by Crippen LogP contribution is 2.50. The van der Waals surface area contributed by atoms with Crippen molar-refractivity contribution in [2.45, 2.75) is 142 Å². The lowest BCUT2D eigenvalue weighted by Crippen LogP contribution is -2.59. The normalized spacial score (nSPS) is 21.3. The highest BCUT2D eigenvalue weighted by molar-refractivity contribution is 9.10. The summed E-state index contributed by atoms with van der Waals surface area (Å²) >= 11 is 3.45. The summed E-state index contributed by atoms with van der Waals surface area (Å²) in [5, 5.41) is 9.76. The lowest BCUT2D eigenvalue weighted by Gasteiger charge is -2.44. The van der Waals surface area contributed by atoms with Crippen LogP contribution in [-0.2, 0) is 20.3 Å². The number of fused-ring (bicyclic) bond motifs is 2. The molecule has 0 N–H and O–H groups in total. The Balaban J connectivity index is 1.78. The molecule has 3 saturated heterocycles. The van der Waals surface area contributed by atoms with Gasteiger partial charge in [0.25, 0.3) is 0 Å². The minimum atomic E-state index is -2.19. The molecule has 4 atom stereocenters. The number of hydrogen-bond acceptors (Lipinski definition) is 9. The van der Waals surface area contributed by atoms with E-state index in [-0.39, 0.29) is 64.6 Å². The zero-order chi connectivity index (χ0) is 41.5. The minimum Gasteiger partial charge on any atom is -0.475 e. The first-order valence-electron chi connectivity index (χ1n) is 19.6. The largest absolute Gasteiger partial charge is 0.475 e. The van der Waals surface area contributed by atoms with Crippen molar-refractivity contribution < 1.29 is 32.6 Å². The third-order valence-electron chi connectivity index (χ3n) is 11.3. The quantitative estimate of drug-likeness (QED) is 0.180. The molecule has 0 radical (unpaired) electrons. The van der Waals surface area contributed by atoms with Crippen LogP contribution in [0, 0.1) is 34.9 Å². The van der Waals surface area contributed by atoms with E-state index in [0.717, 1.165) is 19.4 Å². The number of carbonyl (C=O) groups excluding carboxylic acids is 2. The minimum absolute atomic E-state index is 0.0188. The lowest BCUT2D eigenvalue weighted by atomic mass is 9.78. The third-order valence-corrected chi connectivity index (χ3v) is 16.6. The third kappa shape index (κ3) is 9.47. The molecule has 1 aliphatic carbocycles. The second-order valence-electron chi connectivity index (χ2n) is 18.8. The average molecular weight is 857 g/mol. The van der Waals surface area contributed by atoms with Crippen molar-refractivity contribution in [1.29, 1.82) is 5.26 Å². The molecule has 2 bridgehead atoms. The SMILES string of the molecule is CN1CCC[C@H]1COc1nc2c(F)c(Br)c(CCC#N)cc2c(N(C(=O)OC(C)(C)C)C2C3CC2N(C(=O)OC(C)(C)C)C3)c1C#CCO[Si](C)(C)C(C)(C)C. The van der Waals surface area contributed by atoms with Gasteiger partial charge in [-0.05, 0) is 127 Å². The number of carbonyl (C=O) groups is 2. The number of pyridine rings is 1. The van der Waals surface area contributed by atoms with Crippen molar-refractivity contribution in [1.82, 2.24) is 14.8 Å². The number of halogens is 2. The molecule has 11 nitrogen and oxygen atoms in total. The molecule has 0 spiro atoms. The fraction of sp³-hybridized carbons (Fsp3) is 0.667. The number of aryl methyl sites for hydroxylation is 1. The zero-order valence-corrected chi connectivity index (χ0v) is 37.8. The predicted molar refractivity (Wildman–Crippen MR) is 222 cm³/mol. The topological polar surface area (TPSA) is 117 Å². The Labute approximate surface area is 341 Å². The van der Waals surface area contributed by atoms with E-state index in [9.17, 15) is 14.9 Å². The van der Waals surface area contributed by atoms with Crippen molar-refractivity contribution in [3.8, 4) is 23.8 Å². The summed E-state index contributed by atoms with van der Waals surface area (Å²) in [6.45, 7) is 23.3. The van der Waals surface area contributed by atoms with Crippen molar-refractivity contribution in [3.05, 3.63) is 27.5 Å². The van der Waals surface area contributed by atoms with Gasteiger partial charge >= 0.3 is 12.2 Å². The molecule has 1 aromatic heterocycles. The second-order valence-corrected chi connectivity index (χ2v) is 24.4. The van der Waals surface area contributed by atoms with Crippen molar-refractivity contribution in [2.24, 2.45) is 5.92 Å². The van der Waals surface area contributed by atoms with Crippen molar-refractivity contribution in [2.75, 3.05) is 38.3 Å². The van der Waals surface area contributed by atoms with Gasteiger partial charge in [0.1, 0.15) is 28.9 Å². The van der Waals surface area contributed by atoms with Crippen LogP contribution in [0.25, 0.3) is 10.9 Å². The van der Waals surface area contributed by atoms with Crippen LogP contribution in [0.4, 0.5) is 19.7 Å². The molecule has 14 heteroatoms. The maximum Gasteiger partial charge on any atom is 0.415 e. The molecule has 3 aliphatic heterocycles. The van der Waals surface area contributed by atoms with E-state index >= 15 is 4.39 Å². The molecule has 4 heterocycles. The van der Waals surface area contributed by atoms with Gasteiger partial charge in [0.15, 0.2) is 14.1 Å². The lowest BCUT2D eigenvalue weighted by molar-refractivity contribution is 0.0216. The van der Waals surface area contributed by atoms with E-state index < -0.39 is 49.6 Å². The summed E-state index contributed by atoms with van der Waals surface area (Å²) in [6.07, 6.45) is 1.88. The van der Waals surface area contributed by atoms with E-state index in [4.69, 9.17) is 23.6 Å². The van der Waals surface area contributed by atoms with E-state index in [1.165, 1.54) is 0 Å². The van der Waals surface area contributed by atoms with Gasteiger partial charge in [-0.15, -0.1) is 0 Å².